The fourth-order valence-corrected chi connectivity index (χ4v) is 2.49. The van der Waals surface area contributed by atoms with Gasteiger partial charge in [-0.05, 0) is 6.92 Å². The lowest BCUT2D eigenvalue weighted by atomic mass is 10.0. The summed E-state index contributed by atoms with van der Waals surface area (Å²) < 4.78 is 10.4. The Morgan fingerprint density at radius 2 is 2.25 bits per heavy atom. The average molecular weight is 278 g/mol. The van der Waals surface area contributed by atoms with Crippen LogP contribution in [-0.4, -0.2) is 52.5 Å². The third-order valence-electron chi connectivity index (χ3n) is 3.62. The van der Waals surface area contributed by atoms with Gasteiger partial charge in [-0.25, -0.2) is 4.98 Å². The van der Waals surface area contributed by atoms with Crippen LogP contribution in [0, 0.1) is 12.8 Å². The molecule has 1 aliphatic heterocycles. The molecule has 3 rings (SSSR count). The van der Waals surface area contributed by atoms with Gasteiger partial charge in [0.15, 0.2) is 0 Å². The van der Waals surface area contributed by atoms with E-state index in [2.05, 4.69) is 15.1 Å². The number of carbonyl (C=O) groups is 1. The maximum absolute atomic E-state index is 11.3. The lowest BCUT2D eigenvalue weighted by Crippen LogP contribution is -2.41. The molecule has 2 unspecified atom stereocenters. The predicted molar refractivity (Wildman–Crippen MR) is 68.5 cm³/mol. The fraction of sp³-hybridized carbons (Fsp3) is 0.500. The lowest BCUT2D eigenvalue weighted by Gasteiger charge is -2.27. The summed E-state index contributed by atoms with van der Waals surface area (Å²) in [6.07, 6.45) is 1.38. The number of carboxylic acid groups (broad SMARTS) is 1. The van der Waals surface area contributed by atoms with E-state index in [0.717, 1.165) is 0 Å². The molecule has 1 N–H and O–H groups in total. The molecule has 8 heteroatoms. The zero-order valence-corrected chi connectivity index (χ0v) is 11.1. The largest absolute Gasteiger partial charge is 0.481 e. The number of carboxylic acids is 1. The highest BCUT2D eigenvalue weighted by Crippen LogP contribution is 2.29. The Balaban J connectivity index is 2.02. The molecule has 0 aromatic carbocycles. The molecule has 1 saturated heterocycles. The monoisotopic (exact) mass is 278 g/mol. The Morgan fingerprint density at radius 1 is 1.45 bits per heavy atom. The molecule has 0 amide bonds. The summed E-state index contributed by atoms with van der Waals surface area (Å²) in [6, 6.07) is -0.278. The molecule has 8 nitrogen and oxygen atoms in total. The first-order valence-electron chi connectivity index (χ1n) is 6.20. The van der Waals surface area contributed by atoms with Crippen molar-refractivity contribution in [3.05, 3.63) is 12.0 Å². The Kier molecular flexibility index (Phi) is 3.01. The summed E-state index contributed by atoms with van der Waals surface area (Å²) in [7, 11) is 1.80. The number of anilines is 1. The molecule has 3 heterocycles. The van der Waals surface area contributed by atoms with Gasteiger partial charge in [-0.1, -0.05) is 5.16 Å². The van der Waals surface area contributed by atoms with E-state index in [-0.39, 0.29) is 12.6 Å². The number of nitrogens with zero attached hydrogens (tertiary/aromatic N) is 4. The number of aryl methyl sites for hydroxylation is 1. The molecule has 0 saturated carbocycles. The first-order valence-corrected chi connectivity index (χ1v) is 6.20. The van der Waals surface area contributed by atoms with Gasteiger partial charge in [0, 0.05) is 7.05 Å². The van der Waals surface area contributed by atoms with Crippen molar-refractivity contribution in [3.8, 4) is 0 Å². The Labute approximate surface area is 114 Å². The normalized spacial score (nSPS) is 22.3. The molecule has 2 aromatic heterocycles. The molecule has 1 aliphatic rings. The van der Waals surface area contributed by atoms with E-state index in [9.17, 15) is 9.90 Å². The second-order valence-electron chi connectivity index (χ2n) is 4.81. The van der Waals surface area contributed by atoms with Crippen LogP contribution in [0.3, 0.4) is 0 Å². The van der Waals surface area contributed by atoms with Gasteiger partial charge in [-0.2, -0.15) is 4.98 Å². The van der Waals surface area contributed by atoms with E-state index in [1.807, 2.05) is 0 Å². The van der Waals surface area contributed by atoms with Gasteiger partial charge in [-0.3, -0.25) is 4.79 Å². The number of ether oxygens (including phenoxy) is 1. The number of aliphatic carboxylic acids is 1. The molecule has 106 valence electrons. The van der Waals surface area contributed by atoms with Crippen LogP contribution < -0.4 is 4.90 Å². The fourth-order valence-electron chi connectivity index (χ4n) is 2.49. The third kappa shape index (κ3) is 1.88. The second kappa shape index (κ2) is 4.71. The van der Waals surface area contributed by atoms with Crippen LogP contribution in [0.25, 0.3) is 11.1 Å². The maximum Gasteiger partial charge on any atom is 0.311 e. The van der Waals surface area contributed by atoms with Crippen molar-refractivity contribution < 1.29 is 19.2 Å². The van der Waals surface area contributed by atoms with Crippen LogP contribution in [0.1, 0.15) is 5.69 Å². The summed E-state index contributed by atoms with van der Waals surface area (Å²) in [5.74, 6) is -0.840. The summed E-state index contributed by atoms with van der Waals surface area (Å²) in [6.45, 7) is 2.36. The summed E-state index contributed by atoms with van der Waals surface area (Å²) in [5.41, 5.74) is 1.07. The van der Waals surface area contributed by atoms with E-state index in [0.29, 0.717) is 29.2 Å². The van der Waals surface area contributed by atoms with E-state index in [4.69, 9.17) is 9.26 Å². The van der Waals surface area contributed by atoms with Crippen molar-refractivity contribution in [1.29, 1.82) is 0 Å². The molecule has 20 heavy (non-hydrogen) atoms. The Morgan fingerprint density at radius 3 is 3.00 bits per heavy atom. The van der Waals surface area contributed by atoms with Crippen molar-refractivity contribution in [1.82, 2.24) is 15.1 Å². The summed E-state index contributed by atoms with van der Waals surface area (Å²) >= 11 is 0. The molecule has 0 radical (unpaired) electrons. The lowest BCUT2D eigenvalue weighted by molar-refractivity contribution is -0.141. The van der Waals surface area contributed by atoms with Gasteiger partial charge >= 0.3 is 5.97 Å². The van der Waals surface area contributed by atoms with Gasteiger partial charge in [0.05, 0.1) is 24.9 Å². The molecule has 0 aliphatic carbocycles. The highest BCUT2D eigenvalue weighted by Gasteiger charge is 2.38. The van der Waals surface area contributed by atoms with Crippen molar-refractivity contribution in [2.24, 2.45) is 5.92 Å². The number of rotatable bonds is 3. The van der Waals surface area contributed by atoms with Gasteiger partial charge in [-0.15, -0.1) is 0 Å². The van der Waals surface area contributed by atoms with Crippen LogP contribution in [-0.2, 0) is 9.53 Å². The van der Waals surface area contributed by atoms with E-state index in [1.54, 1.807) is 18.9 Å². The zero-order chi connectivity index (χ0) is 14.3. The highest BCUT2D eigenvalue weighted by atomic mass is 16.5. The van der Waals surface area contributed by atoms with Gasteiger partial charge in [0.2, 0.25) is 0 Å². The Hall–Kier alpha value is -2.22. The van der Waals surface area contributed by atoms with Crippen LogP contribution in [0.2, 0.25) is 0 Å². The minimum absolute atomic E-state index is 0.210. The Bertz CT molecular complexity index is 656. The molecule has 2 aromatic rings. The van der Waals surface area contributed by atoms with Crippen molar-refractivity contribution in [2.75, 3.05) is 25.2 Å². The number of likely N-dealkylation sites (N-methyl/N-ethyl adjacent to an activating group) is 1. The van der Waals surface area contributed by atoms with Crippen LogP contribution >= 0.6 is 0 Å². The van der Waals surface area contributed by atoms with Crippen LogP contribution in [0.5, 0.6) is 0 Å². The van der Waals surface area contributed by atoms with E-state index in [1.165, 1.54) is 6.33 Å². The summed E-state index contributed by atoms with van der Waals surface area (Å²) in [4.78, 5) is 21.3. The van der Waals surface area contributed by atoms with Gasteiger partial charge in [0.25, 0.3) is 5.71 Å². The molecular weight excluding hydrogens is 264 g/mol. The minimum atomic E-state index is -0.869. The molecule has 0 bridgehead atoms. The van der Waals surface area contributed by atoms with Crippen molar-refractivity contribution in [3.63, 3.8) is 0 Å². The number of hydrogen-bond acceptors (Lipinski definition) is 7. The van der Waals surface area contributed by atoms with Gasteiger partial charge < -0.3 is 19.3 Å². The van der Waals surface area contributed by atoms with Crippen LogP contribution in [0.4, 0.5) is 5.82 Å². The first kappa shape index (κ1) is 12.8. The standard InChI is InChI=1S/C12H14N4O4/c1-6-9-10(13-5-14-11(9)20-15-6)16(2)8-4-19-3-7(8)12(17)18/h5,7-8H,3-4H2,1-2H3,(H,17,18). The number of aromatic nitrogens is 3. The average Bonchev–Trinajstić information content (AvgIpc) is 3.05. The molecule has 0 spiro atoms. The molecule has 1 fully saturated rings. The SMILES string of the molecule is Cc1noc2ncnc(N(C)C3COCC3C(=O)O)c12. The smallest absolute Gasteiger partial charge is 0.311 e. The first-order chi connectivity index (χ1) is 9.59. The maximum atomic E-state index is 11.3. The van der Waals surface area contributed by atoms with Gasteiger partial charge in [0.1, 0.15) is 23.4 Å². The zero-order valence-electron chi connectivity index (χ0n) is 11.1. The van der Waals surface area contributed by atoms with Crippen molar-refractivity contribution >= 4 is 22.9 Å². The number of fused-ring (bicyclic) bond motifs is 1. The number of hydrogen-bond donors (Lipinski definition) is 1. The van der Waals surface area contributed by atoms with Crippen LogP contribution in [0.15, 0.2) is 10.9 Å². The highest BCUT2D eigenvalue weighted by molar-refractivity contribution is 5.88. The molecule has 2 atom stereocenters. The summed E-state index contributed by atoms with van der Waals surface area (Å²) in [5, 5.41) is 13.8. The quantitative estimate of drug-likeness (QED) is 0.864. The second-order valence-corrected chi connectivity index (χ2v) is 4.81. The third-order valence-corrected chi connectivity index (χ3v) is 3.62. The molecular formula is C12H14N4O4. The predicted octanol–water partition coefficient (Wildman–Crippen LogP) is 0.462. The minimum Gasteiger partial charge on any atom is -0.481 e. The topological polar surface area (TPSA) is 102 Å². The van der Waals surface area contributed by atoms with Crippen molar-refractivity contribution in [2.45, 2.75) is 13.0 Å². The van der Waals surface area contributed by atoms with E-state index >= 15 is 0 Å². The van der Waals surface area contributed by atoms with E-state index < -0.39 is 11.9 Å².